The highest BCUT2D eigenvalue weighted by molar-refractivity contribution is 5.16. The minimum atomic E-state index is -0.213. The van der Waals surface area contributed by atoms with E-state index in [9.17, 15) is 4.39 Å². The summed E-state index contributed by atoms with van der Waals surface area (Å²) in [5, 5.41) is 7.81. The van der Waals surface area contributed by atoms with Gasteiger partial charge in [-0.1, -0.05) is 19.1 Å². The molecule has 84 valence electrons. The topological polar surface area (TPSA) is 38.9 Å². The lowest BCUT2D eigenvalue weighted by Gasteiger charge is -1.97. The molecule has 2 rings (SSSR count). The third-order valence-electron chi connectivity index (χ3n) is 2.35. The van der Waals surface area contributed by atoms with Crippen LogP contribution in [0.15, 0.2) is 28.7 Å². The van der Waals surface area contributed by atoms with E-state index in [1.54, 1.807) is 12.1 Å². The summed E-state index contributed by atoms with van der Waals surface area (Å²) in [6.07, 6.45) is 2.23. The lowest BCUT2D eigenvalue weighted by Crippen LogP contribution is -1.91. The summed E-state index contributed by atoms with van der Waals surface area (Å²) in [6.45, 7) is 1.97. The molecule has 1 heterocycles. The number of aromatic nitrogens is 2. The van der Waals surface area contributed by atoms with Crippen LogP contribution in [0, 0.1) is 5.82 Å². The van der Waals surface area contributed by atoms with E-state index in [-0.39, 0.29) is 5.82 Å². The van der Waals surface area contributed by atoms with Gasteiger partial charge >= 0.3 is 0 Å². The van der Waals surface area contributed by atoms with Crippen LogP contribution in [0.2, 0.25) is 0 Å². The first-order valence-electron chi connectivity index (χ1n) is 5.33. The van der Waals surface area contributed by atoms with Crippen LogP contribution in [-0.2, 0) is 19.3 Å². The van der Waals surface area contributed by atoms with Crippen molar-refractivity contribution < 1.29 is 8.81 Å². The van der Waals surface area contributed by atoms with Crippen LogP contribution in [0.25, 0.3) is 0 Å². The maximum Gasteiger partial charge on any atom is 0.216 e. The molecule has 1 aromatic carbocycles. The fourth-order valence-corrected chi connectivity index (χ4v) is 1.43. The molecule has 0 amide bonds. The smallest absolute Gasteiger partial charge is 0.216 e. The first-order chi connectivity index (χ1) is 7.78. The predicted molar refractivity (Wildman–Crippen MR) is 57.5 cm³/mol. The molecule has 0 unspecified atom stereocenters. The van der Waals surface area contributed by atoms with Crippen LogP contribution in [0.1, 0.15) is 24.3 Å². The molecular formula is C12H13FN2O. The Kier molecular flexibility index (Phi) is 3.29. The van der Waals surface area contributed by atoms with E-state index in [1.165, 1.54) is 12.1 Å². The first-order valence-corrected chi connectivity index (χ1v) is 5.33. The monoisotopic (exact) mass is 220 g/mol. The molecule has 4 heteroatoms. The Hall–Kier alpha value is -1.71. The Morgan fingerprint density at radius 1 is 1.06 bits per heavy atom. The highest BCUT2D eigenvalue weighted by Crippen LogP contribution is 2.08. The van der Waals surface area contributed by atoms with Crippen molar-refractivity contribution in [3.05, 3.63) is 47.4 Å². The zero-order chi connectivity index (χ0) is 11.4. The van der Waals surface area contributed by atoms with Crippen LogP contribution < -0.4 is 0 Å². The van der Waals surface area contributed by atoms with Crippen molar-refractivity contribution in [2.45, 2.75) is 26.2 Å². The fraction of sp³-hybridized carbons (Fsp3) is 0.333. The van der Waals surface area contributed by atoms with Gasteiger partial charge in [-0.2, -0.15) is 0 Å². The molecule has 3 nitrogen and oxygen atoms in total. The molecule has 0 spiro atoms. The number of nitrogens with zero attached hydrogens (tertiary/aromatic N) is 2. The Labute approximate surface area is 93.3 Å². The van der Waals surface area contributed by atoms with E-state index in [2.05, 4.69) is 10.2 Å². The SMILES string of the molecule is CCc1nnc(CCc2ccc(F)cc2)o1. The minimum absolute atomic E-state index is 0.213. The van der Waals surface area contributed by atoms with Crippen molar-refractivity contribution in [1.29, 1.82) is 0 Å². The summed E-state index contributed by atoms with van der Waals surface area (Å²) in [4.78, 5) is 0. The van der Waals surface area contributed by atoms with Crippen molar-refractivity contribution in [3.8, 4) is 0 Å². The van der Waals surface area contributed by atoms with Crippen molar-refractivity contribution in [2.75, 3.05) is 0 Å². The van der Waals surface area contributed by atoms with Gasteiger partial charge in [0.2, 0.25) is 11.8 Å². The quantitative estimate of drug-likeness (QED) is 0.794. The number of halogens is 1. The third kappa shape index (κ3) is 2.66. The molecule has 16 heavy (non-hydrogen) atoms. The second-order valence-electron chi connectivity index (χ2n) is 3.57. The average Bonchev–Trinajstić information content (AvgIpc) is 2.76. The normalized spacial score (nSPS) is 10.6. The first kappa shape index (κ1) is 10.8. The Morgan fingerprint density at radius 2 is 1.75 bits per heavy atom. The van der Waals surface area contributed by atoms with Crippen LogP contribution in [0.4, 0.5) is 4.39 Å². The van der Waals surface area contributed by atoms with Gasteiger partial charge in [-0.15, -0.1) is 10.2 Å². The van der Waals surface area contributed by atoms with Crippen molar-refractivity contribution >= 4 is 0 Å². The number of hydrogen-bond acceptors (Lipinski definition) is 3. The lowest BCUT2D eigenvalue weighted by molar-refractivity contribution is 0.453. The molecule has 0 saturated heterocycles. The molecule has 1 aromatic heterocycles. The van der Waals surface area contributed by atoms with Crippen LogP contribution in [-0.4, -0.2) is 10.2 Å². The highest BCUT2D eigenvalue weighted by atomic mass is 19.1. The summed E-state index contributed by atoms with van der Waals surface area (Å²) in [5.74, 6) is 1.09. The van der Waals surface area contributed by atoms with E-state index in [0.29, 0.717) is 18.2 Å². The fourth-order valence-electron chi connectivity index (χ4n) is 1.43. The molecule has 0 fully saturated rings. The molecule has 2 aromatic rings. The minimum Gasteiger partial charge on any atom is -0.425 e. The Balaban J connectivity index is 1.94. The zero-order valence-corrected chi connectivity index (χ0v) is 9.11. The molecule has 0 saturated carbocycles. The third-order valence-corrected chi connectivity index (χ3v) is 2.35. The molecular weight excluding hydrogens is 207 g/mol. The summed E-state index contributed by atoms with van der Waals surface area (Å²) in [7, 11) is 0. The van der Waals surface area contributed by atoms with Crippen molar-refractivity contribution in [1.82, 2.24) is 10.2 Å². The summed E-state index contributed by atoms with van der Waals surface area (Å²) < 4.78 is 18.0. The number of hydrogen-bond donors (Lipinski definition) is 0. The predicted octanol–water partition coefficient (Wildman–Crippen LogP) is 2.56. The van der Waals surface area contributed by atoms with E-state index < -0.39 is 0 Å². The number of rotatable bonds is 4. The van der Waals surface area contributed by atoms with Crippen LogP contribution in [0.5, 0.6) is 0 Å². The van der Waals surface area contributed by atoms with Crippen molar-refractivity contribution in [3.63, 3.8) is 0 Å². The van der Waals surface area contributed by atoms with Crippen molar-refractivity contribution in [2.24, 2.45) is 0 Å². The Bertz CT molecular complexity index is 450. The number of aryl methyl sites for hydroxylation is 3. The molecule has 0 aliphatic carbocycles. The standard InChI is InChI=1S/C12H13FN2O/c1-2-11-14-15-12(16-11)8-5-9-3-6-10(13)7-4-9/h3-4,6-7H,2,5,8H2,1H3. The van der Waals surface area contributed by atoms with Gasteiger partial charge in [-0.05, 0) is 24.1 Å². The van der Waals surface area contributed by atoms with Gasteiger partial charge in [0.15, 0.2) is 0 Å². The summed E-state index contributed by atoms with van der Waals surface area (Å²) >= 11 is 0. The van der Waals surface area contributed by atoms with Gasteiger partial charge in [0.1, 0.15) is 5.82 Å². The highest BCUT2D eigenvalue weighted by Gasteiger charge is 2.04. The molecule has 0 N–H and O–H groups in total. The van der Waals surface area contributed by atoms with E-state index in [1.807, 2.05) is 6.92 Å². The van der Waals surface area contributed by atoms with Gasteiger partial charge in [0.05, 0.1) is 0 Å². The van der Waals surface area contributed by atoms with E-state index in [4.69, 9.17) is 4.42 Å². The molecule has 0 bridgehead atoms. The average molecular weight is 220 g/mol. The molecule has 0 aliphatic rings. The maximum absolute atomic E-state index is 12.7. The summed E-state index contributed by atoms with van der Waals surface area (Å²) in [5.41, 5.74) is 1.07. The largest absolute Gasteiger partial charge is 0.425 e. The van der Waals surface area contributed by atoms with E-state index >= 15 is 0 Å². The zero-order valence-electron chi connectivity index (χ0n) is 9.11. The Morgan fingerprint density at radius 3 is 2.38 bits per heavy atom. The number of benzene rings is 1. The van der Waals surface area contributed by atoms with E-state index in [0.717, 1.165) is 18.4 Å². The summed E-state index contributed by atoms with van der Waals surface area (Å²) in [6, 6.07) is 6.46. The molecule has 0 aliphatic heterocycles. The van der Waals surface area contributed by atoms with Gasteiger partial charge in [0, 0.05) is 12.8 Å². The van der Waals surface area contributed by atoms with Crippen LogP contribution in [0.3, 0.4) is 0 Å². The second kappa shape index (κ2) is 4.88. The second-order valence-corrected chi connectivity index (χ2v) is 3.57. The van der Waals surface area contributed by atoms with Gasteiger partial charge in [-0.25, -0.2) is 4.39 Å². The maximum atomic E-state index is 12.7. The van der Waals surface area contributed by atoms with Gasteiger partial charge in [-0.3, -0.25) is 0 Å². The molecule has 0 atom stereocenters. The van der Waals surface area contributed by atoms with Gasteiger partial charge in [0.25, 0.3) is 0 Å². The van der Waals surface area contributed by atoms with Gasteiger partial charge < -0.3 is 4.42 Å². The lowest BCUT2D eigenvalue weighted by atomic mass is 10.1. The molecule has 0 radical (unpaired) electrons. The van der Waals surface area contributed by atoms with Crippen LogP contribution >= 0.6 is 0 Å².